The summed E-state index contributed by atoms with van der Waals surface area (Å²) in [6.07, 6.45) is 7.73. The van der Waals surface area contributed by atoms with Gasteiger partial charge in [-0.2, -0.15) is 0 Å². The van der Waals surface area contributed by atoms with E-state index in [4.69, 9.17) is 4.74 Å². The Bertz CT molecular complexity index is 995. The summed E-state index contributed by atoms with van der Waals surface area (Å²) in [5, 5.41) is 5.50. The van der Waals surface area contributed by atoms with Crippen molar-refractivity contribution in [3.8, 4) is 0 Å². The lowest BCUT2D eigenvalue weighted by Gasteiger charge is -2.34. The summed E-state index contributed by atoms with van der Waals surface area (Å²) in [5.74, 6) is -0.0341. The zero-order chi connectivity index (χ0) is 24.6. The largest absolute Gasteiger partial charge is 0.464 e. The zero-order valence-electron chi connectivity index (χ0n) is 20.4. The van der Waals surface area contributed by atoms with Crippen molar-refractivity contribution in [1.82, 2.24) is 15.2 Å². The lowest BCUT2D eigenvalue weighted by molar-refractivity contribution is -0.145. The number of hydrogen-bond donors (Lipinski definition) is 1. The van der Waals surface area contributed by atoms with Crippen LogP contribution in [0.2, 0.25) is 0 Å². The van der Waals surface area contributed by atoms with Gasteiger partial charge < -0.3 is 15.0 Å². The van der Waals surface area contributed by atoms with E-state index in [0.29, 0.717) is 18.0 Å². The van der Waals surface area contributed by atoms with Gasteiger partial charge in [-0.15, -0.1) is 11.3 Å². The van der Waals surface area contributed by atoms with Crippen molar-refractivity contribution >= 4 is 29.1 Å². The molecule has 0 radical (unpaired) electrons. The van der Waals surface area contributed by atoms with E-state index >= 15 is 0 Å². The predicted molar refractivity (Wildman–Crippen MR) is 135 cm³/mol. The minimum atomic E-state index is -0.774. The van der Waals surface area contributed by atoms with E-state index in [0.717, 1.165) is 49.3 Å². The van der Waals surface area contributed by atoms with Crippen molar-refractivity contribution < 1.29 is 19.1 Å². The minimum Gasteiger partial charge on any atom is -0.464 e. The highest BCUT2D eigenvalue weighted by molar-refractivity contribution is 7.09. The summed E-state index contributed by atoms with van der Waals surface area (Å²) in [4.78, 5) is 44.9. The number of ether oxygens (including phenoxy) is 1. The van der Waals surface area contributed by atoms with Crippen LogP contribution in [-0.2, 0) is 20.7 Å². The number of nitrogens with zero attached hydrogens (tertiary/aromatic N) is 2. The van der Waals surface area contributed by atoms with Crippen LogP contribution in [-0.4, -0.2) is 53.4 Å². The van der Waals surface area contributed by atoms with Crippen molar-refractivity contribution in [2.24, 2.45) is 5.92 Å². The third-order valence-corrected chi connectivity index (χ3v) is 8.03. The molecule has 4 rings (SSSR count). The molecule has 1 aliphatic carbocycles. The van der Waals surface area contributed by atoms with E-state index < -0.39 is 12.0 Å². The first-order valence-electron chi connectivity index (χ1n) is 12.8. The maximum absolute atomic E-state index is 12.9. The molecule has 0 spiro atoms. The topological polar surface area (TPSA) is 88.6 Å². The van der Waals surface area contributed by atoms with Crippen LogP contribution in [0.15, 0.2) is 35.7 Å². The summed E-state index contributed by atoms with van der Waals surface area (Å²) in [7, 11) is 0. The van der Waals surface area contributed by atoms with Gasteiger partial charge in [0.1, 0.15) is 11.7 Å². The quantitative estimate of drug-likeness (QED) is 0.549. The van der Waals surface area contributed by atoms with Gasteiger partial charge in [0.15, 0.2) is 0 Å². The van der Waals surface area contributed by atoms with E-state index in [9.17, 15) is 14.4 Å². The van der Waals surface area contributed by atoms with Gasteiger partial charge in [0, 0.05) is 36.7 Å². The van der Waals surface area contributed by atoms with Crippen LogP contribution in [0.4, 0.5) is 0 Å². The molecule has 1 N–H and O–H groups in total. The molecule has 1 aromatic carbocycles. The number of hydrogen-bond acceptors (Lipinski definition) is 6. The van der Waals surface area contributed by atoms with Crippen LogP contribution < -0.4 is 5.32 Å². The first-order chi connectivity index (χ1) is 17.0. The highest BCUT2D eigenvalue weighted by Crippen LogP contribution is 2.32. The molecule has 2 amide bonds. The molecule has 8 heteroatoms. The molecular weight excluding hydrogens is 462 g/mol. The van der Waals surface area contributed by atoms with Gasteiger partial charge in [0.05, 0.1) is 11.6 Å². The molecule has 1 saturated heterocycles. The van der Waals surface area contributed by atoms with E-state index in [-0.39, 0.29) is 24.3 Å². The number of carbonyl (C=O) groups excluding carboxylic acids is 3. The average Bonchev–Trinajstić information content (AvgIpc) is 3.40. The summed E-state index contributed by atoms with van der Waals surface area (Å²) in [6, 6.07) is 8.79. The van der Waals surface area contributed by atoms with Crippen molar-refractivity contribution in [1.29, 1.82) is 0 Å². The molecule has 2 aliphatic rings. The molecule has 1 atom stereocenters. The third kappa shape index (κ3) is 6.69. The highest BCUT2D eigenvalue weighted by atomic mass is 32.1. The van der Waals surface area contributed by atoms with E-state index in [1.165, 1.54) is 30.6 Å². The van der Waals surface area contributed by atoms with Crippen LogP contribution in [0.3, 0.4) is 0 Å². The second-order valence-electron chi connectivity index (χ2n) is 9.47. The number of thiazole rings is 1. The number of amides is 2. The Labute approximate surface area is 211 Å². The van der Waals surface area contributed by atoms with Crippen LogP contribution in [0, 0.1) is 5.92 Å². The number of esters is 1. The lowest BCUT2D eigenvalue weighted by Crippen LogP contribution is -2.43. The second-order valence-corrected chi connectivity index (χ2v) is 10.4. The first kappa shape index (κ1) is 25.4. The monoisotopic (exact) mass is 497 g/mol. The number of carbonyl (C=O) groups is 3. The second kappa shape index (κ2) is 12.3. The van der Waals surface area contributed by atoms with Crippen LogP contribution in [0.25, 0.3) is 0 Å². The minimum absolute atomic E-state index is 0.207. The van der Waals surface area contributed by atoms with Crippen molar-refractivity contribution in [2.75, 3.05) is 19.7 Å². The predicted octanol–water partition coefficient (Wildman–Crippen LogP) is 4.33. The van der Waals surface area contributed by atoms with E-state index in [2.05, 4.69) is 10.3 Å². The summed E-state index contributed by atoms with van der Waals surface area (Å²) >= 11 is 1.48. The molecule has 35 heavy (non-hydrogen) atoms. The molecule has 1 saturated carbocycles. The number of likely N-dealkylation sites (tertiary alicyclic amines) is 1. The average molecular weight is 498 g/mol. The molecular formula is C27H35N3O4S. The summed E-state index contributed by atoms with van der Waals surface area (Å²) in [5.41, 5.74) is 1.27. The third-order valence-electron chi connectivity index (χ3n) is 7.02. The molecule has 2 fully saturated rings. The van der Waals surface area contributed by atoms with Gasteiger partial charge in [0.2, 0.25) is 5.91 Å². The van der Waals surface area contributed by atoms with Gasteiger partial charge >= 0.3 is 5.97 Å². The molecule has 0 bridgehead atoms. The SMILES string of the molecule is CCOC(=O)C(Cc1ccccc1)NC(=O)c1csc(C2CCN(C(=O)C3CCCCC3)CC2)n1. The normalized spacial score (nSPS) is 18.1. The Kier molecular flexibility index (Phi) is 8.90. The number of nitrogens with one attached hydrogen (secondary N) is 1. The Balaban J connectivity index is 1.33. The number of benzene rings is 1. The van der Waals surface area contributed by atoms with Gasteiger partial charge in [0.25, 0.3) is 5.91 Å². The number of aromatic nitrogens is 1. The highest BCUT2D eigenvalue weighted by Gasteiger charge is 2.31. The summed E-state index contributed by atoms with van der Waals surface area (Å²) in [6.45, 7) is 3.51. The van der Waals surface area contributed by atoms with E-state index in [1.807, 2.05) is 35.2 Å². The van der Waals surface area contributed by atoms with Gasteiger partial charge in [-0.05, 0) is 38.2 Å². The van der Waals surface area contributed by atoms with Gasteiger partial charge in [-0.3, -0.25) is 9.59 Å². The van der Waals surface area contributed by atoms with E-state index in [1.54, 1.807) is 12.3 Å². The van der Waals surface area contributed by atoms with Crippen LogP contribution >= 0.6 is 11.3 Å². The molecule has 2 aromatic rings. The standard InChI is InChI=1S/C27H35N3O4S/c1-2-34-27(33)22(17-19-9-5-3-6-10-19)28-24(31)23-18-35-25(29-23)20-13-15-30(16-14-20)26(32)21-11-7-4-8-12-21/h3,5-6,9-10,18,20-22H,2,4,7-8,11-17H2,1H3,(H,28,31). The van der Waals surface area contributed by atoms with Crippen molar-refractivity contribution in [2.45, 2.75) is 70.3 Å². The van der Waals surface area contributed by atoms with Crippen molar-refractivity contribution in [3.05, 3.63) is 52.0 Å². The molecule has 1 aliphatic heterocycles. The molecule has 2 heterocycles. The summed E-state index contributed by atoms with van der Waals surface area (Å²) < 4.78 is 5.18. The van der Waals surface area contributed by atoms with Gasteiger partial charge in [-0.1, -0.05) is 49.6 Å². The fraction of sp³-hybridized carbons (Fsp3) is 0.556. The Morgan fingerprint density at radius 2 is 1.80 bits per heavy atom. The van der Waals surface area contributed by atoms with Gasteiger partial charge in [-0.25, -0.2) is 9.78 Å². The first-order valence-corrected chi connectivity index (χ1v) is 13.7. The van der Waals surface area contributed by atoms with Crippen molar-refractivity contribution in [3.63, 3.8) is 0 Å². The molecule has 1 unspecified atom stereocenters. The zero-order valence-corrected chi connectivity index (χ0v) is 21.2. The maximum atomic E-state index is 12.9. The fourth-order valence-corrected chi connectivity index (χ4v) is 6.02. The molecule has 7 nitrogen and oxygen atoms in total. The Morgan fingerprint density at radius 1 is 1.09 bits per heavy atom. The molecule has 188 valence electrons. The molecule has 1 aromatic heterocycles. The van der Waals surface area contributed by atoms with Crippen LogP contribution in [0.5, 0.6) is 0 Å². The van der Waals surface area contributed by atoms with Crippen LogP contribution in [0.1, 0.15) is 78.8 Å². The number of rotatable bonds is 8. The lowest BCUT2D eigenvalue weighted by atomic mass is 9.87. The number of piperidine rings is 1. The smallest absolute Gasteiger partial charge is 0.328 e. The Hall–Kier alpha value is -2.74. The maximum Gasteiger partial charge on any atom is 0.328 e. The fourth-order valence-electron chi connectivity index (χ4n) is 5.05. The Morgan fingerprint density at radius 3 is 2.49 bits per heavy atom.